The van der Waals surface area contributed by atoms with E-state index in [9.17, 15) is 27.7 Å². The first kappa shape index (κ1) is 20.0. The first-order valence-corrected chi connectivity index (χ1v) is 9.32. The molecule has 0 unspecified atom stereocenters. The van der Waals surface area contributed by atoms with Crippen LogP contribution in [-0.4, -0.2) is 38.3 Å². The normalized spacial score (nSPS) is 11.3. The van der Waals surface area contributed by atoms with Gasteiger partial charge in [-0.05, 0) is 29.8 Å². The first-order valence-electron chi connectivity index (χ1n) is 7.47. The van der Waals surface area contributed by atoms with Crippen LogP contribution in [0.2, 0.25) is 0 Å². The number of amides is 1. The highest BCUT2D eigenvalue weighted by Gasteiger charge is 2.23. The maximum Gasteiger partial charge on any atom is 0.269 e. The minimum Gasteiger partial charge on any atom is -0.271 e. The minimum atomic E-state index is -3.91. The van der Waals surface area contributed by atoms with Crippen LogP contribution in [0.1, 0.15) is 5.56 Å². The number of sulfonamides is 1. The molecule has 1 N–H and O–H groups in total. The number of carbonyl (C=O) groups excluding carboxylic acids is 1. The van der Waals surface area contributed by atoms with Crippen molar-refractivity contribution in [1.82, 2.24) is 5.43 Å². The fourth-order valence-corrected chi connectivity index (χ4v) is 2.92. The summed E-state index contributed by atoms with van der Waals surface area (Å²) in [5, 5.41) is 14.2. The van der Waals surface area contributed by atoms with E-state index in [0.717, 1.165) is 12.3 Å². The SMILES string of the molecule is CS(=O)(=O)N(CC(=O)N/N=C\c1ccc([N+](=O)[O-])cc1)c1ccccc1F. The number of para-hydroxylation sites is 1. The number of carbonyl (C=O) groups is 1. The maximum absolute atomic E-state index is 13.9. The Bertz CT molecular complexity index is 977. The van der Waals surface area contributed by atoms with E-state index >= 15 is 0 Å². The van der Waals surface area contributed by atoms with Crippen LogP contribution in [0, 0.1) is 15.9 Å². The fraction of sp³-hybridized carbons (Fsp3) is 0.125. The van der Waals surface area contributed by atoms with Gasteiger partial charge in [0.25, 0.3) is 11.6 Å². The van der Waals surface area contributed by atoms with Crippen molar-refractivity contribution in [3.8, 4) is 0 Å². The molecule has 2 rings (SSSR count). The Balaban J connectivity index is 2.06. The summed E-state index contributed by atoms with van der Waals surface area (Å²) in [6, 6.07) is 10.6. The molecular weight excluding hydrogens is 379 g/mol. The standard InChI is InChI=1S/C16H15FN4O5S/c1-27(25,26)20(15-5-3-2-4-14(15)17)11-16(22)19-18-10-12-6-8-13(9-7-12)21(23)24/h2-10H,11H2,1H3,(H,19,22)/b18-10-. The lowest BCUT2D eigenvalue weighted by Crippen LogP contribution is -2.39. The number of nitrogens with zero attached hydrogens (tertiary/aromatic N) is 3. The molecule has 0 saturated heterocycles. The summed E-state index contributed by atoms with van der Waals surface area (Å²) in [5.74, 6) is -1.58. The van der Waals surface area contributed by atoms with Gasteiger partial charge in [0.15, 0.2) is 0 Å². The summed E-state index contributed by atoms with van der Waals surface area (Å²) in [6.45, 7) is -0.669. The minimum absolute atomic E-state index is 0.0927. The zero-order chi connectivity index (χ0) is 20.0. The number of nitro groups is 1. The van der Waals surface area contributed by atoms with Crippen LogP contribution in [0.4, 0.5) is 15.8 Å². The van der Waals surface area contributed by atoms with E-state index in [1.807, 2.05) is 0 Å². The van der Waals surface area contributed by atoms with Crippen molar-refractivity contribution in [3.05, 3.63) is 70.0 Å². The molecule has 0 bridgehead atoms. The summed E-state index contributed by atoms with van der Waals surface area (Å²) < 4.78 is 38.3. The predicted molar refractivity (Wildman–Crippen MR) is 97.4 cm³/mol. The Morgan fingerprint density at radius 2 is 1.89 bits per heavy atom. The lowest BCUT2D eigenvalue weighted by molar-refractivity contribution is -0.384. The summed E-state index contributed by atoms with van der Waals surface area (Å²) in [4.78, 5) is 22.0. The molecule has 0 saturated carbocycles. The molecule has 11 heteroatoms. The van der Waals surface area contributed by atoms with Crippen molar-refractivity contribution in [2.45, 2.75) is 0 Å². The van der Waals surface area contributed by atoms with Gasteiger partial charge in [0.1, 0.15) is 12.4 Å². The molecular formula is C16H15FN4O5S. The van der Waals surface area contributed by atoms with Gasteiger partial charge in [-0.15, -0.1) is 0 Å². The highest BCUT2D eigenvalue weighted by Crippen LogP contribution is 2.20. The molecule has 2 aromatic rings. The number of hydrazone groups is 1. The van der Waals surface area contributed by atoms with Crippen LogP contribution >= 0.6 is 0 Å². The van der Waals surface area contributed by atoms with E-state index in [0.29, 0.717) is 9.87 Å². The van der Waals surface area contributed by atoms with Gasteiger partial charge in [-0.25, -0.2) is 18.2 Å². The lowest BCUT2D eigenvalue weighted by atomic mass is 10.2. The van der Waals surface area contributed by atoms with Gasteiger partial charge in [-0.3, -0.25) is 19.2 Å². The molecule has 2 aromatic carbocycles. The number of nitrogens with one attached hydrogen (secondary N) is 1. The number of hydrogen-bond donors (Lipinski definition) is 1. The summed E-state index contributed by atoms with van der Waals surface area (Å²) in [7, 11) is -3.91. The molecule has 0 atom stereocenters. The van der Waals surface area contributed by atoms with Gasteiger partial charge in [-0.1, -0.05) is 12.1 Å². The molecule has 0 aliphatic heterocycles. The van der Waals surface area contributed by atoms with E-state index in [4.69, 9.17) is 0 Å². The number of hydrogen-bond acceptors (Lipinski definition) is 6. The lowest BCUT2D eigenvalue weighted by Gasteiger charge is -2.21. The van der Waals surface area contributed by atoms with Crippen molar-refractivity contribution in [1.29, 1.82) is 0 Å². The molecule has 0 heterocycles. The Morgan fingerprint density at radius 3 is 2.44 bits per heavy atom. The maximum atomic E-state index is 13.9. The molecule has 0 aliphatic rings. The fourth-order valence-electron chi connectivity index (χ4n) is 2.06. The number of anilines is 1. The summed E-state index contributed by atoms with van der Waals surface area (Å²) in [6.07, 6.45) is 2.09. The van der Waals surface area contributed by atoms with E-state index in [-0.39, 0.29) is 11.4 Å². The second-order valence-corrected chi connectivity index (χ2v) is 7.27. The van der Waals surface area contributed by atoms with Crippen molar-refractivity contribution in [2.24, 2.45) is 5.10 Å². The van der Waals surface area contributed by atoms with Gasteiger partial charge in [0, 0.05) is 12.1 Å². The zero-order valence-corrected chi connectivity index (χ0v) is 14.9. The van der Waals surface area contributed by atoms with Crippen LogP contribution < -0.4 is 9.73 Å². The van der Waals surface area contributed by atoms with Crippen molar-refractivity contribution in [2.75, 3.05) is 17.1 Å². The molecule has 27 heavy (non-hydrogen) atoms. The molecule has 0 aliphatic carbocycles. The van der Waals surface area contributed by atoms with Crippen molar-refractivity contribution in [3.63, 3.8) is 0 Å². The topological polar surface area (TPSA) is 122 Å². The van der Waals surface area contributed by atoms with Gasteiger partial charge in [-0.2, -0.15) is 5.10 Å². The average molecular weight is 394 g/mol. The van der Waals surface area contributed by atoms with Crippen molar-refractivity contribution < 1.29 is 22.5 Å². The zero-order valence-electron chi connectivity index (χ0n) is 14.1. The van der Waals surface area contributed by atoms with E-state index in [2.05, 4.69) is 10.5 Å². The molecule has 0 radical (unpaired) electrons. The van der Waals surface area contributed by atoms with Crippen LogP contribution in [0.5, 0.6) is 0 Å². The third kappa shape index (κ3) is 5.57. The predicted octanol–water partition coefficient (Wildman–Crippen LogP) is 1.65. The van der Waals surface area contributed by atoms with Crippen LogP contribution in [-0.2, 0) is 14.8 Å². The number of benzene rings is 2. The smallest absolute Gasteiger partial charge is 0.269 e. The Hall–Kier alpha value is -3.34. The number of halogens is 1. The van der Waals surface area contributed by atoms with Crippen LogP contribution in [0.15, 0.2) is 53.6 Å². The van der Waals surface area contributed by atoms with Gasteiger partial charge in [0.05, 0.1) is 23.1 Å². The molecule has 1 amide bonds. The largest absolute Gasteiger partial charge is 0.271 e. The third-order valence-corrected chi connectivity index (χ3v) is 4.44. The first-order chi connectivity index (χ1) is 12.7. The monoisotopic (exact) mass is 394 g/mol. The number of nitro benzene ring substituents is 1. The summed E-state index contributed by atoms with van der Waals surface area (Å²) in [5.41, 5.74) is 2.26. The van der Waals surface area contributed by atoms with Gasteiger partial charge >= 0.3 is 0 Å². The van der Waals surface area contributed by atoms with Gasteiger partial charge < -0.3 is 0 Å². The van der Waals surface area contributed by atoms with Crippen LogP contribution in [0.3, 0.4) is 0 Å². The third-order valence-electron chi connectivity index (χ3n) is 3.32. The average Bonchev–Trinajstić information content (AvgIpc) is 2.60. The summed E-state index contributed by atoms with van der Waals surface area (Å²) >= 11 is 0. The van der Waals surface area contributed by atoms with E-state index < -0.39 is 33.2 Å². The second kappa shape index (κ2) is 8.36. The highest BCUT2D eigenvalue weighted by molar-refractivity contribution is 7.92. The Kier molecular flexibility index (Phi) is 6.19. The van der Waals surface area contributed by atoms with E-state index in [1.165, 1.54) is 48.7 Å². The molecule has 0 fully saturated rings. The van der Waals surface area contributed by atoms with Crippen LogP contribution in [0.25, 0.3) is 0 Å². The molecule has 9 nitrogen and oxygen atoms in total. The molecule has 0 spiro atoms. The second-order valence-electron chi connectivity index (χ2n) is 5.36. The van der Waals surface area contributed by atoms with E-state index in [1.54, 1.807) is 0 Å². The van der Waals surface area contributed by atoms with Crippen molar-refractivity contribution >= 4 is 33.5 Å². The Labute approximate surface area is 154 Å². The number of non-ortho nitro benzene ring substituents is 1. The highest BCUT2D eigenvalue weighted by atomic mass is 32.2. The quantitative estimate of drug-likeness (QED) is 0.435. The number of rotatable bonds is 7. The molecule has 142 valence electrons. The molecule has 0 aromatic heterocycles. The van der Waals surface area contributed by atoms with Gasteiger partial charge in [0.2, 0.25) is 10.0 Å². The Morgan fingerprint density at radius 1 is 1.26 bits per heavy atom.